The highest BCUT2D eigenvalue weighted by atomic mass is 32.1. The Morgan fingerprint density at radius 2 is 1.83 bits per heavy atom. The van der Waals surface area contributed by atoms with Gasteiger partial charge in [-0.25, -0.2) is 9.37 Å². The van der Waals surface area contributed by atoms with E-state index in [0.29, 0.717) is 41.7 Å². The van der Waals surface area contributed by atoms with E-state index in [2.05, 4.69) is 10.6 Å². The molecule has 0 saturated heterocycles. The normalized spacial score (nSPS) is 12.9. The van der Waals surface area contributed by atoms with Crippen LogP contribution in [0.25, 0.3) is 11.0 Å². The molecule has 3 aromatic carbocycles. The maximum absolute atomic E-state index is 14.4. The zero-order chi connectivity index (χ0) is 29.6. The summed E-state index contributed by atoms with van der Waals surface area (Å²) in [5.74, 6) is 0.340. The number of hydrogen-bond donors (Lipinski definition) is 3. The molecule has 1 aromatic heterocycles. The Morgan fingerprint density at radius 1 is 1.07 bits per heavy atom. The van der Waals surface area contributed by atoms with Crippen molar-refractivity contribution in [3.63, 3.8) is 0 Å². The van der Waals surface area contributed by atoms with Gasteiger partial charge in [-0.2, -0.15) is 0 Å². The minimum absolute atomic E-state index is 0.0402. The largest absolute Gasteiger partial charge is 0.384 e. The first-order valence-electron chi connectivity index (χ1n) is 13.9. The van der Waals surface area contributed by atoms with Crippen molar-refractivity contribution in [2.45, 2.75) is 32.4 Å². The number of nitrogens with one attached hydrogen (secondary N) is 1. The number of imidazole rings is 1. The van der Waals surface area contributed by atoms with Crippen LogP contribution in [0.2, 0.25) is 0 Å². The maximum atomic E-state index is 14.4. The summed E-state index contributed by atoms with van der Waals surface area (Å²) in [6.45, 7) is 1.27. The van der Waals surface area contributed by atoms with E-state index >= 15 is 0 Å². The molecule has 5 rings (SSSR count). The van der Waals surface area contributed by atoms with Gasteiger partial charge in [0.25, 0.3) is 5.91 Å². The molecule has 4 aromatic rings. The van der Waals surface area contributed by atoms with E-state index in [4.69, 9.17) is 34.1 Å². The first-order valence-corrected chi connectivity index (χ1v) is 14.3. The fourth-order valence-electron chi connectivity index (χ4n) is 5.10. The van der Waals surface area contributed by atoms with Crippen molar-refractivity contribution in [1.29, 1.82) is 5.41 Å². The molecule has 0 atom stereocenters. The number of amides is 1. The fraction of sp³-hybridized carbons (Fsp3) is 0.212. The number of aryl methyl sites for hydroxylation is 2. The van der Waals surface area contributed by atoms with E-state index in [-0.39, 0.29) is 30.6 Å². The Bertz CT molecular complexity index is 1710. The predicted octanol–water partition coefficient (Wildman–Crippen LogP) is 5.10. The number of carbonyl (C=O) groups is 1. The lowest BCUT2D eigenvalue weighted by atomic mass is 10.0. The number of halogens is 1. The summed E-state index contributed by atoms with van der Waals surface area (Å²) in [5.41, 5.74) is 16.8. The Labute approximate surface area is 249 Å². The molecule has 7 nitrogen and oxygen atoms in total. The molecule has 0 fully saturated rings. The third kappa shape index (κ3) is 6.53. The summed E-state index contributed by atoms with van der Waals surface area (Å²) in [6.07, 6.45) is 8.27. The highest BCUT2D eigenvalue weighted by Crippen LogP contribution is 2.24. The number of benzene rings is 3. The molecule has 0 aliphatic heterocycles. The van der Waals surface area contributed by atoms with Crippen LogP contribution in [-0.4, -0.2) is 44.1 Å². The van der Waals surface area contributed by atoms with Crippen LogP contribution < -0.4 is 11.5 Å². The lowest BCUT2D eigenvalue weighted by molar-refractivity contribution is 0.0747. The Kier molecular flexibility index (Phi) is 9.00. The van der Waals surface area contributed by atoms with Gasteiger partial charge < -0.3 is 20.9 Å². The van der Waals surface area contributed by atoms with Gasteiger partial charge in [0.2, 0.25) is 0 Å². The van der Waals surface area contributed by atoms with E-state index in [1.165, 1.54) is 6.07 Å². The van der Waals surface area contributed by atoms with E-state index < -0.39 is 0 Å². The van der Waals surface area contributed by atoms with Crippen molar-refractivity contribution in [3.8, 4) is 0 Å². The van der Waals surface area contributed by atoms with E-state index in [1.54, 1.807) is 35.2 Å². The van der Waals surface area contributed by atoms with Crippen molar-refractivity contribution in [2.24, 2.45) is 11.5 Å². The van der Waals surface area contributed by atoms with Gasteiger partial charge >= 0.3 is 0 Å². The predicted molar refractivity (Wildman–Crippen MR) is 169 cm³/mol. The van der Waals surface area contributed by atoms with Gasteiger partial charge in [0, 0.05) is 54.0 Å². The number of fused-ring (bicyclic) bond motifs is 1. The highest BCUT2D eigenvalue weighted by Gasteiger charge is 2.20. The molecule has 9 heteroatoms. The number of carbonyl (C=O) groups excluding carboxylic acids is 1. The Morgan fingerprint density at radius 3 is 2.55 bits per heavy atom. The van der Waals surface area contributed by atoms with E-state index in [9.17, 15) is 9.18 Å². The molecular formula is C33H33FN6OS. The van der Waals surface area contributed by atoms with Crippen molar-refractivity contribution in [2.75, 3.05) is 13.1 Å². The molecule has 1 heterocycles. The Hall–Kier alpha value is -4.47. The standard InChI is InChI=1S/C33H33FN6OS/c34-27-7-3-1-5-25(27)20-39(18-17-35)33(41)24-14-15-29-28(19-24)38-31(40(29)21-26-6-2-4-8-30(26)42)16-11-22-9-12-23(13-10-22)32(36)37/h1-7,9-10,12-15,19H,8,11,16-18,20-21,35H2,(H3,36,37). The summed E-state index contributed by atoms with van der Waals surface area (Å²) < 4.78 is 16.5. The molecule has 0 bridgehead atoms. The number of hydrogen-bond acceptors (Lipinski definition) is 5. The number of nitrogens with two attached hydrogens (primary N) is 2. The molecule has 42 heavy (non-hydrogen) atoms. The zero-order valence-electron chi connectivity index (χ0n) is 23.2. The molecule has 1 amide bonds. The number of thiocarbonyl (C=S) groups is 1. The smallest absolute Gasteiger partial charge is 0.254 e. The number of nitrogen functional groups attached to an aromatic ring is 1. The molecule has 0 unspecified atom stereocenters. The van der Waals surface area contributed by atoms with Crippen LogP contribution in [0, 0.1) is 11.2 Å². The van der Waals surface area contributed by atoms with Crippen LogP contribution in [0.4, 0.5) is 4.39 Å². The monoisotopic (exact) mass is 580 g/mol. The molecule has 5 N–H and O–H groups in total. The second-order valence-electron chi connectivity index (χ2n) is 10.3. The zero-order valence-corrected chi connectivity index (χ0v) is 24.0. The van der Waals surface area contributed by atoms with Crippen LogP contribution in [0.3, 0.4) is 0 Å². The first kappa shape index (κ1) is 29.0. The molecule has 214 valence electrons. The van der Waals surface area contributed by atoms with Crippen molar-refractivity contribution >= 4 is 39.9 Å². The number of nitrogens with zero attached hydrogens (tertiary/aromatic N) is 3. The lowest BCUT2D eigenvalue weighted by Gasteiger charge is -2.22. The van der Waals surface area contributed by atoms with Crippen molar-refractivity contribution in [1.82, 2.24) is 14.5 Å². The topological polar surface area (TPSA) is 114 Å². The summed E-state index contributed by atoms with van der Waals surface area (Å²) in [7, 11) is 0. The van der Waals surface area contributed by atoms with Gasteiger partial charge in [-0.1, -0.05) is 72.9 Å². The minimum Gasteiger partial charge on any atom is -0.384 e. The van der Waals surface area contributed by atoms with Gasteiger partial charge in [-0.3, -0.25) is 10.2 Å². The van der Waals surface area contributed by atoms with Crippen LogP contribution >= 0.6 is 12.2 Å². The lowest BCUT2D eigenvalue weighted by Crippen LogP contribution is -2.35. The summed E-state index contributed by atoms with van der Waals surface area (Å²) in [4.78, 5) is 21.0. The first-order chi connectivity index (χ1) is 20.3. The maximum Gasteiger partial charge on any atom is 0.254 e. The molecule has 0 spiro atoms. The van der Waals surface area contributed by atoms with Crippen LogP contribution in [-0.2, 0) is 25.9 Å². The SMILES string of the molecule is N=C(N)c1ccc(CCc2nc3cc(C(=O)N(CCN)Cc4ccccc4F)ccc3n2CC2=CC=CCC2=S)cc1. The number of aromatic nitrogens is 2. The third-order valence-electron chi connectivity index (χ3n) is 7.41. The van der Waals surface area contributed by atoms with Gasteiger partial charge in [-0.05, 0) is 41.8 Å². The highest BCUT2D eigenvalue weighted by molar-refractivity contribution is 7.80. The van der Waals surface area contributed by atoms with Gasteiger partial charge in [0.1, 0.15) is 17.5 Å². The van der Waals surface area contributed by atoms with Crippen molar-refractivity contribution in [3.05, 3.63) is 124 Å². The molecule has 1 aliphatic rings. The average Bonchev–Trinajstić information content (AvgIpc) is 3.34. The summed E-state index contributed by atoms with van der Waals surface area (Å²) in [6, 6.07) is 19.6. The third-order valence-corrected chi connectivity index (χ3v) is 7.83. The second kappa shape index (κ2) is 13.0. The summed E-state index contributed by atoms with van der Waals surface area (Å²) >= 11 is 5.64. The molecule has 0 radical (unpaired) electrons. The minimum atomic E-state index is -0.355. The number of allylic oxidation sites excluding steroid dienone is 4. The quantitative estimate of drug-likeness (QED) is 0.130. The molecule has 1 aliphatic carbocycles. The number of amidine groups is 1. The van der Waals surface area contributed by atoms with Crippen LogP contribution in [0.1, 0.15) is 39.3 Å². The molecular weight excluding hydrogens is 547 g/mol. The fourth-order valence-corrected chi connectivity index (χ4v) is 5.33. The van der Waals surface area contributed by atoms with Crippen LogP contribution in [0.5, 0.6) is 0 Å². The van der Waals surface area contributed by atoms with Gasteiger partial charge in [0.05, 0.1) is 17.6 Å². The van der Waals surface area contributed by atoms with Crippen molar-refractivity contribution < 1.29 is 9.18 Å². The molecule has 0 saturated carbocycles. The van der Waals surface area contributed by atoms with Gasteiger partial charge in [-0.15, -0.1) is 0 Å². The van der Waals surface area contributed by atoms with E-state index in [0.717, 1.165) is 40.2 Å². The van der Waals surface area contributed by atoms with Crippen LogP contribution in [0.15, 0.2) is 90.5 Å². The van der Waals surface area contributed by atoms with Gasteiger partial charge in [0.15, 0.2) is 0 Å². The summed E-state index contributed by atoms with van der Waals surface area (Å²) in [5, 5.41) is 7.63. The number of rotatable bonds is 11. The second-order valence-corrected chi connectivity index (χ2v) is 10.8. The Balaban J connectivity index is 1.46. The van der Waals surface area contributed by atoms with E-state index in [1.807, 2.05) is 42.5 Å². The average molecular weight is 581 g/mol.